The predicted molar refractivity (Wildman–Crippen MR) is 242 cm³/mol. The highest BCUT2D eigenvalue weighted by Gasteiger charge is 2.43. The van der Waals surface area contributed by atoms with Crippen molar-refractivity contribution in [2.75, 3.05) is 41.0 Å². The molecular weight excluding hydrogens is 817 g/mol. The third-order valence-electron chi connectivity index (χ3n) is 13.9. The maximum absolute atomic E-state index is 14.0. The fourth-order valence-corrected chi connectivity index (χ4v) is 9.91. The topological polar surface area (TPSA) is 196 Å². The van der Waals surface area contributed by atoms with Crippen molar-refractivity contribution < 1.29 is 38.4 Å². The molecule has 16 heteroatoms. The standard InChI is InChI=1S/C48H62N8O8/c1-9-26(4)40(53-47(59)62-7)45(57)55-21-25(3)15-37(55)43-49-20-36(51-43)30-11-13-32-31(17-30)24-64-39-19-33-29(18-34(32)39)12-14-35-42(33)52-44(50-35)38-16-28(23-61-6)22-56(38)46(58)41(27(5)10-2)54-48(60)63-8/h11-14,17-20,25-28,37-38,40-41,46,58H,9-10,15-16,21-24H2,1-8H3,(H,49,51)(H,50,52)(H,53,59)(H,54,60)/t25-,26?,27?,28?,37?,38-,40?,41?,46?/m0/s1. The van der Waals surface area contributed by atoms with Crippen LogP contribution in [0.5, 0.6) is 5.75 Å². The largest absolute Gasteiger partial charge is 0.488 e. The molecule has 0 saturated carbocycles. The highest BCUT2D eigenvalue weighted by atomic mass is 16.5. The second-order valence-corrected chi connectivity index (χ2v) is 18.1. The van der Waals surface area contributed by atoms with Crippen LogP contribution in [-0.4, -0.2) is 112 Å². The van der Waals surface area contributed by atoms with E-state index in [1.807, 2.05) is 49.8 Å². The Morgan fingerprint density at radius 2 is 1.67 bits per heavy atom. The van der Waals surface area contributed by atoms with E-state index in [1.54, 1.807) is 7.11 Å². The van der Waals surface area contributed by atoms with Gasteiger partial charge in [0.15, 0.2) is 0 Å². The van der Waals surface area contributed by atoms with Crippen molar-refractivity contribution in [2.45, 2.75) is 97.3 Å². The third-order valence-corrected chi connectivity index (χ3v) is 13.9. The van der Waals surface area contributed by atoms with Gasteiger partial charge in [-0.25, -0.2) is 19.6 Å². The van der Waals surface area contributed by atoms with Crippen LogP contribution in [-0.2, 0) is 25.6 Å². The van der Waals surface area contributed by atoms with Crippen molar-refractivity contribution >= 4 is 39.9 Å². The van der Waals surface area contributed by atoms with Crippen LogP contribution >= 0.6 is 0 Å². The molecule has 0 radical (unpaired) electrons. The lowest BCUT2D eigenvalue weighted by Gasteiger charge is -2.36. The molecule has 7 unspecified atom stereocenters. The minimum atomic E-state index is -0.982. The number of rotatable bonds is 14. The number of aliphatic hydroxyl groups is 1. The summed E-state index contributed by atoms with van der Waals surface area (Å²) < 4.78 is 21.8. The van der Waals surface area contributed by atoms with Crippen LogP contribution in [0.15, 0.2) is 48.7 Å². The van der Waals surface area contributed by atoms with E-state index in [-0.39, 0.29) is 41.7 Å². The summed E-state index contributed by atoms with van der Waals surface area (Å²) in [5.41, 5.74) is 6.62. The fraction of sp³-hybridized carbons (Fsp3) is 0.521. The number of fused-ring (bicyclic) bond motifs is 6. The number of H-pyrrole nitrogens is 2. The lowest BCUT2D eigenvalue weighted by atomic mass is 9.92. The zero-order valence-corrected chi connectivity index (χ0v) is 38.1. The number of alkyl carbamates (subject to hydrolysis) is 2. The molecule has 0 spiro atoms. The zero-order valence-electron chi connectivity index (χ0n) is 38.1. The van der Waals surface area contributed by atoms with E-state index >= 15 is 0 Å². The van der Waals surface area contributed by atoms with E-state index < -0.39 is 30.5 Å². The van der Waals surface area contributed by atoms with Gasteiger partial charge in [-0.3, -0.25) is 9.69 Å². The van der Waals surface area contributed by atoms with E-state index in [0.29, 0.717) is 32.1 Å². The Hall–Kier alpha value is -5.71. The quantitative estimate of drug-likeness (QED) is 0.0744. The minimum Gasteiger partial charge on any atom is -0.488 e. The molecule has 5 N–H and O–H groups in total. The number of ether oxygens (including phenoxy) is 4. The number of nitrogens with zero attached hydrogens (tertiary/aromatic N) is 4. The molecule has 5 aromatic rings. The number of aliphatic hydroxyl groups excluding tert-OH is 1. The monoisotopic (exact) mass is 878 g/mol. The molecule has 2 aromatic heterocycles. The summed E-state index contributed by atoms with van der Waals surface area (Å²) in [6, 6.07) is 13.0. The van der Waals surface area contributed by atoms with Gasteiger partial charge in [0.25, 0.3) is 0 Å². The van der Waals surface area contributed by atoms with Crippen molar-refractivity contribution in [3.63, 3.8) is 0 Å². The van der Waals surface area contributed by atoms with Crippen LogP contribution in [0.25, 0.3) is 44.2 Å². The van der Waals surface area contributed by atoms with E-state index in [1.165, 1.54) is 14.2 Å². The van der Waals surface area contributed by atoms with Crippen LogP contribution in [0, 0.1) is 23.7 Å². The van der Waals surface area contributed by atoms with Gasteiger partial charge >= 0.3 is 12.2 Å². The van der Waals surface area contributed by atoms with Crippen molar-refractivity contribution in [1.82, 2.24) is 40.4 Å². The first-order valence-electron chi connectivity index (χ1n) is 22.6. The summed E-state index contributed by atoms with van der Waals surface area (Å²) in [5, 5.41) is 19.5. The lowest BCUT2D eigenvalue weighted by molar-refractivity contribution is -0.135. The Balaban J connectivity index is 1.05. The van der Waals surface area contributed by atoms with E-state index in [0.717, 1.165) is 87.0 Å². The van der Waals surface area contributed by atoms with Gasteiger partial charge in [0.05, 0.1) is 61.9 Å². The van der Waals surface area contributed by atoms with E-state index in [2.05, 4.69) is 63.9 Å². The number of carbonyl (C=O) groups excluding carboxylic acids is 3. The van der Waals surface area contributed by atoms with Crippen molar-refractivity contribution in [3.05, 3.63) is 65.9 Å². The molecular formula is C48H62N8O8. The summed E-state index contributed by atoms with van der Waals surface area (Å²) in [4.78, 5) is 59.5. The first-order chi connectivity index (χ1) is 30.8. The lowest BCUT2D eigenvalue weighted by Crippen LogP contribution is -2.54. The smallest absolute Gasteiger partial charge is 0.407 e. The van der Waals surface area contributed by atoms with Crippen molar-refractivity contribution in [3.8, 4) is 28.1 Å². The first-order valence-corrected chi connectivity index (χ1v) is 22.6. The summed E-state index contributed by atoms with van der Waals surface area (Å²) in [6.07, 6.45) is 2.60. The second kappa shape index (κ2) is 18.8. The zero-order chi connectivity index (χ0) is 45.4. The molecule has 9 atom stereocenters. The Morgan fingerprint density at radius 3 is 2.41 bits per heavy atom. The molecule has 3 amide bonds. The summed E-state index contributed by atoms with van der Waals surface area (Å²) in [5.74, 6) is 2.42. The molecule has 2 fully saturated rings. The molecule has 3 aliphatic heterocycles. The van der Waals surface area contributed by atoms with Gasteiger partial charge in [0, 0.05) is 31.1 Å². The maximum Gasteiger partial charge on any atom is 0.407 e. The van der Waals surface area contributed by atoms with Gasteiger partial charge in [0.2, 0.25) is 5.91 Å². The van der Waals surface area contributed by atoms with Gasteiger partial charge < -0.3 is 49.6 Å². The molecule has 5 heterocycles. The third kappa shape index (κ3) is 8.62. The highest BCUT2D eigenvalue weighted by molar-refractivity contribution is 6.07. The van der Waals surface area contributed by atoms with Gasteiger partial charge in [-0.1, -0.05) is 65.7 Å². The average molecular weight is 879 g/mol. The minimum absolute atomic E-state index is 0.0136. The number of aromatic nitrogens is 4. The Kier molecular flexibility index (Phi) is 13.2. The van der Waals surface area contributed by atoms with E-state index in [4.69, 9.17) is 28.9 Å². The predicted octanol–water partition coefficient (Wildman–Crippen LogP) is 7.44. The molecule has 3 aliphatic rings. The average Bonchev–Trinajstić information content (AvgIpc) is 4.14. The molecule has 2 saturated heterocycles. The van der Waals surface area contributed by atoms with Crippen LogP contribution < -0.4 is 15.4 Å². The normalized spacial score (nSPS) is 22.0. The molecule has 8 rings (SSSR count). The number of amides is 3. The van der Waals surface area contributed by atoms with Gasteiger partial charge in [-0.2, -0.15) is 0 Å². The van der Waals surface area contributed by atoms with E-state index in [9.17, 15) is 19.5 Å². The highest BCUT2D eigenvalue weighted by Crippen LogP contribution is 2.44. The van der Waals surface area contributed by atoms with Crippen LogP contribution in [0.1, 0.15) is 89.6 Å². The molecule has 0 aliphatic carbocycles. The van der Waals surface area contributed by atoms with Crippen molar-refractivity contribution in [1.29, 1.82) is 0 Å². The molecule has 64 heavy (non-hydrogen) atoms. The molecule has 16 nitrogen and oxygen atoms in total. The maximum atomic E-state index is 14.0. The molecule has 3 aromatic carbocycles. The van der Waals surface area contributed by atoms with Crippen molar-refractivity contribution in [2.24, 2.45) is 23.7 Å². The number of likely N-dealkylation sites (tertiary alicyclic amines) is 2. The van der Waals surface area contributed by atoms with Crippen LogP contribution in [0.3, 0.4) is 0 Å². The number of nitrogens with one attached hydrogen (secondary N) is 4. The number of imidazole rings is 2. The number of hydrogen-bond acceptors (Lipinski definition) is 11. The van der Waals surface area contributed by atoms with Crippen LogP contribution in [0.4, 0.5) is 9.59 Å². The first kappa shape index (κ1) is 44.9. The van der Waals surface area contributed by atoms with Gasteiger partial charge in [0.1, 0.15) is 36.3 Å². The number of benzene rings is 3. The van der Waals surface area contributed by atoms with Crippen LogP contribution in [0.2, 0.25) is 0 Å². The number of carbonyl (C=O) groups is 3. The van der Waals surface area contributed by atoms with Gasteiger partial charge in [-0.05, 0) is 82.9 Å². The number of aromatic amines is 2. The number of hydrogen-bond donors (Lipinski definition) is 5. The Bertz CT molecular complexity index is 2500. The Labute approximate surface area is 373 Å². The SMILES string of the molecule is CCC(C)C(NC(=O)OC)C(=O)N1C[C@@H](C)CC1c1ncc(-c2ccc3c(c2)COc2cc4c(ccc5[nH]c([C@@H]6CC(COC)CN6C(O)C(NC(=O)OC)C(C)CC)nc54)cc2-3)[nH]1. The number of methoxy groups -OCH3 is 3. The molecule has 342 valence electrons. The summed E-state index contributed by atoms with van der Waals surface area (Å²) in [6.45, 7) is 12.2. The van der Waals surface area contributed by atoms with Gasteiger partial charge in [-0.15, -0.1) is 0 Å². The summed E-state index contributed by atoms with van der Waals surface area (Å²) in [7, 11) is 4.32. The fourth-order valence-electron chi connectivity index (χ4n) is 9.91. The summed E-state index contributed by atoms with van der Waals surface area (Å²) >= 11 is 0. The molecule has 0 bridgehead atoms. The second-order valence-electron chi connectivity index (χ2n) is 18.1. The Morgan fingerprint density at radius 1 is 0.906 bits per heavy atom.